The molecular formula is C9H18IN3O2Si. The first-order chi connectivity index (χ1) is 7.44. The van der Waals surface area contributed by atoms with Gasteiger partial charge in [-0.05, 0) is 6.04 Å². The van der Waals surface area contributed by atoms with Crippen LogP contribution >= 0.6 is 22.6 Å². The number of hydrogen-bond donors (Lipinski definition) is 0. The predicted molar refractivity (Wildman–Crippen MR) is 76.7 cm³/mol. The number of hydrazone groups is 1. The maximum absolute atomic E-state index is 10.4. The van der Waals surface area contributed by atoms with Crippen LogP contribution in [0, 0.1) is 4.91 Å². The minimum atomic E-state index is -1.02. The molecule has 1 heterocycles. The zero-order valence-corrected chi connectivity index (χ0v) is 13.0. The molecule has 7 heteroatoms. The number of hydrogen-bond acceptors (Lipinski definition) is 5. The molecule has 0 aromatic heterocycles. The summed E-state index contributed by atoms with van der Waals surface area (Å²) in [5.74, 6) is 0. The quantitative estimate of drug-likeness (QED) is 0.184. The Balaban J connectivity index is 2.20. The Hall–Kier alpha value is -0.0231. The summed E-state index contributed by atoms with van der Waals surface area (Å²) >= 11 is 2.16. The number of halogens is 1. The van der Waals surface area contributed by atoms with Gasteiger partial charge in [0.25, 0.3) is 0 Å². The van der Waals surface area contributed by atoms with Crippen molar-refractivity contribution in [1.82, 2.24) is 5.01 Å². The average Bonchev–Trinajstić information content (AvgIpc) is 2.53. The molecule has 0 saturated carbocycles. The van der Waals surface area contributed by atoms with Gasteiger partial charge in [0.15, 0.2) is 6.04 Å². The highest BCUT2D eigenvalue weighted by Gasteiger charge is 2.29. The molecule has 0 aliphatic carbocycles. The second-order valence-corrected chi connectivity index (χ2v) is 11.9. The van der Waals surface area contributed by atoms with E-state index in [-0.39, 0.29) is 10.1 Å². The van der Waals surface area contributed by atoms with E-state index in [4.69, 9.17) is 4.74 Å². The summed E-state index contributed by atoms with van der Waals surface area (Å²) in [7, 11) is -1.02. The van der Waals surface area contributed by atoms with Crippen molar-refractivity contribution in [1.29, 1.82) is 0 Å². The topological polar surface area (TPSA) is 54.3 Å². The van der Waals surface area contributed by atoms with Gasteiger partial charge in [-0.15, -0.1) is 0 Å². The fraction of sp³-hybridized carbons (Fsp3) is 0.889. The molecule has 0 bridgehead atoms. The summed E-state index contributed by atoms with van der Waals surface area (Å²) in [6, 6.07) is 0.799. The molecule has 1 aliphatic rings. The third-order valence-electron chi connectivity index (χ3n) is 2.28. The minimum Gasteiger partial charge on any atom is -0.360 e. The molecule has 16 heavy (non-hydrogen) atoms. The highest BCUT2D eigenvalue weighted by Crippen LogP contribution is 2.20. The van der Waals surface area contributed by atoms with Crippen molar-refractivity contribution in [2.24, 2.45) is 10.3 Å². The van der Waals surface area contributed by atoms with Gasteiger partial charge in [0.05, 0.1) is 6.21 Å². The third kappa shape index (κ3) is 4.46. The van der Waals surface area contributed by atoms with E-state index in [1.54, 1.807) is 11.2 Å². The van der Waals surface area contributed by atoms with Crippen molar-refractivity contribution in [3.63, 3.8) is 0 Å². The number of nitroso groups, excluding NO2 is 1. The molecule has 0 aromatic rings. The molecule has 0 amide bonds. The van der Waals surface area contributed by atoms with Gasteiger partial charge in [-0.3, -0.25) is 5.01 Å². The molecule has 0 aromatic carbocycles. The van der Waals surface area contributed by atoms with Crippen LogP contribution in [-0.2, 0) is 4.74 Å². The normalized spacial score (nSPS) is 25.1. The zero-order chi connectivity index (χ0) is 12.2. The SMILES string of the molecule is C[Si](C)(C)CCOCN1N=CC(N=O)C1I. The van der Waals surface area contributed by atoms with Gasteiger partial charge in [-0.2, -0.15) is 10.0 Å². The summed E-state index contributed by atoms with van der Waals surface area (Å²) in [5.41, 5.74) is 0. The largest absolute Gasteiger partial charge is 0.360 e. The highest BCUT2D eigenvalue weighted by atomic mass is 127. The lowest BCUT2D eigenvalue weighted by Crippen LogP contribution is -2.31. The monoisotopic (exact) mass is 355 g/mol. The zero-order valence-electron chi connectivity index (χ0n) is 9.89. The number of ether oxygens (including phenoxy) is 1. The van der Waals surface area contributed by atoms with Gasteiger partial charge in [-0.25, -0.2) is 0 Å². The summed E-state index contributed by atoms with van der Waals surface area (Å²) < 4.78 is 5.54. The van der Waals surface area contributed by atoms with E-state index in [1.165, 1.54) is 0 Å². The lowest BCUT2D eigenvalue weighted by atomic mass is 10.4. The van der Waals surface area contributed by atoms with E-state index < -0.39 is 8.07 Å². The summed E-state index contributed by atoms with van der Waals surface area (Å²) in [4.78, 5) is 10.4. The molecule has 0 radical (unpaired) electrons. The standard InChI is InChI=1S/C9H18IN3O2Si/c1-16(2,3)5-4-15-7-13-9(10)8(12-14)6-11-13/h6,8-9H,4-5,7H2,1-3H3. The molecule has 0 N–H and O–H groups in total. The van der Waals surface area contributed by atoms with Gasteiger partial charge >= 0.3 is 0 Å². The first-order valence-electron chi connectivity index (χ1n) is 5.29. The van der Waals surface area contributed by atoms with Crippen molar-refractivity contribution < 1.29 is 4.74 Å². The van der Waals surface area contributed by atoms with Gasteiger partial charge in [0, 0.05) is 14.7 Å². The van der Waals surface area contributed by atoms with Crippen LogP contribution in [0.4, 0.5) is 0 Å². The predicted octanol–water partition coefficient (Wildman–Crippen LogP) is 2.50. The van der Waals surface area contributed by atoms with Crippen molar-refractivity contribution in [3.05, 3.63) is 4.91 Å². The summed E-state index contributed by atoms with van der Waals surface area (Å²) in [6.07, 6.45) is 1.58. The number of nitrogens with zero attached hydrogens (tertiary/aromatic N) is 3. The molecule has 1 aliphatic heterocycles. The van der Waals surface area contributed by atoms with E-state index in [9.17, 15) is 4.91 Å². The van der Waals surface area contributed by atoms with E-state index in [0.717, 1.165) is 12.7 Å². The lowest BCUT2D eigenvalue weighted by Gasteiger charge is -2.21. The molecule has 1 rings (SSSR count). The van der Waals surface area contributed by atoms with Crippen LogP contribution < -0.4 is 0 Å². The molecule has 0 spiro atoms. The smallest absolute Gasteiger partial charge is 0.160 e. The Bertz CT molecular complexity index is 270. The summed E-state index contributed by atoms with van der Waals surface area (Å²) in [5, 5.41) is 8.85. The van der Waals surface area contributed by atoms with Crippen molar-refractivity contribution >= 4 is 36.9 Å². The minimum absolute atomic E-state index is 0.0121. The highest BCUT2D eigenvalue weighted by molar-refractivity contribution is 14.1. The lowest BCUT2D eigenvalue weighted by molar-refractivity contribution is 0.0385. The third-order valence-corrected chi connectivity index (χ3v) is 5.36. The Kier molecular flexibility index (Phi) is 5.32. The van der Waals surface area contributed by atoms with Crippen molar-refractivity contribution in [3.8, 4) is 0 Å². The van der Waals surface area contributed by atoms with Crippen LogP contribution in [0.2, 0.25) is 25.7 Å². The van der Waals surface area contributed by atoms with Gasteiger partial charge in [-0.1, -0.05) is 47.4 Å². The second-order valence-electron chi connectivity index (χ2n) is 5.02. The molecular weight excluding hydrogens is 337 g/mol. The van der Waals surface area contributed by atoms with Crippen LogP contribution in [0.25, 0.3) is 0 Å². The van der Waals surface area contributed by atoms with E-state index >= 15 is 0 Å². The van der Waals surface area contributed by atoms with Crippen molar-refractivity contribution in [2.75, 3.05) is 13.3 Å². The number of alkyl halides is 1. The Morgan fingerprint density at radius 3 is 2.75 bits per heavy atom. The Morgan fingerprint density at radius 1 is 1.56 bits per heavy atom. The van der Waals surface area contributed by atoms with E-state index in [0.29, 0.717) is 6.73 Å². The Morgan fingerprint density at radius 2 is 2.25 bits per heavy atom. The first kappa shape index (κ1) is 14.0. The Labute approximate surface area is 111 Å². The number of rotatable bonds is 6. The second kappa shape index (κ2) is 6.06. The van der Waals surface area contributed by atoms with Crippen LogP contribution in [0.5, 0.6) is 0 Å². The molecule has 92 valence electrons. The van der Waals surface area contributed by atoms with Crippen LogP contribution in [0.1, 0.15) is 0 Å². The molecule has 5 nitrogen and oxygen atoms in total. The molecule has 0 saturated heterocycles. The van der Waals surface area contributed by atoms with Crippen molar-refractivity contribution in [2.45, 2.75) is 35.8 Å². The maximum Gasteiger partial charge on any atom is 0.160 e. The fourth-order valence-electron chi connectivity index (χ4n) is 1.18. The van der Waals surface area contributed by atoms with Gasteiger partial charge in [0.2, 0.25) is 0 Å². The fourth-order valence-corrected chi connectivity index (χ4v) is 2.56. The van der Waals surface area contributed by atoms with Gasteiger partial charge in [0.1, 0.15) is 10.8 Å². The van der Waals surface area contributed by atoms with Gasteiger partial charge < -0.3 is 4.74 Å². The molecule has 0 fully saturated rings. The molecule has 2 unspecified atom stereocenters. The van der Waals surface area contributed by atoms with Crippen LogP contribution in [0.3, 0.4) is 0 Å². The average molecular weight is 355 g/mol. The molecule has 2 atom stereocenters. The summed E-state index contributed by atoms with van der Waals surface area (Å²) in [6.45, 7) is 8.17. The van der Waals surface area contributed by atoms with Crippen LogP contribution in [0.15, 0.2) is 10.3 Å². The first-order valence-corrected chi connectivity index (χ1v) is 10.2. The van der Waals surface area contributed by atoms with Crippen LogP contribution in [-0.4, -0.2) is 42.7 Å². The van der Waals surface area contributed by atoms with E-state index in [2.05, 4.69) is 52.5 Å². The maximum atomic E-state index is 10.4. The van der Waals surface area contributed by atoms with E-state index in [1.807, 2.05) is 0 Å².